The highest BCUT2D eigenvalue weighted by Crippen LogP contribution is 2.23. The second-order valence-electron chi connectivity index (χ2n) is 5.06. The molecule has 0 aliphatic heterocycles. The third-order valence-corrected chi connectivity index (χ3v) is 5.29. The predicted molar refractivity (Wildman–Crippen MR) is 108 cm³/mol. The molecule has 136 valence electrons. The summed E-state index contributed by atoms with van der Waals surface area (Å²) in [6.07, 6.45) is 0.887. The molecule has 2 amide bonds. The van der Waals surface area contributed by atoms with Gasteiger partial charge < -0.3 is 16.0 Å². The van der Waals surface area contributed by atoms with Crippen molar-refractivity contribution in [2.24, 2.45) is 0 Å². The Morgan fingerprint density at radius 1 is 1.12 bits per heavy atom. The van der Waals surface area contributed by atoms with Gasteiger partial charge in [-0.25, -0.2) is 0 Å². The largest absolute Gasteiger partial charge is 0.352 e. The minimum Gasteiger partial charge on any atom is -0.352 e. The minimum atomic E-state index is -0.0998. The molecule has 2 rings (SSSR count). The van der Waals surface area contributed by atoms with Crippen LogP contribution in [-0.4, -0.2) is 37.7 Å². The number of nitrogens with one attached hydrogen (secondary N) is 3. The van der Waals surface area contributed by atoms with Crippen LogP contribution in [-0.2, 0) is 4.79 Å². The van der Waals surface area contributed by atoms with Gasteiger partial charge in [0.25, 0.3) is 5.91 Å². The van der Waals surface area contributed by atoms with Gasteiger partial charge in [-0.05, 0) is 55.7 Å². The zero-order chi connectivity index (χ0) is 17.2. The lowest BCUT2D eigenvalue weighted by Crippen LogP contribution is -2.26. The Morgan fingerprint density at radius 2 is 1.88 bits per heavy atom. The van der Waals surface area contributed by atoms with E-state index in [9.17, 15) is 9.59 Å². The van der Waals surface area contributed by atoms with Crippen LogP contribution in [0.2, 0.25) is 0 Å². The molecule has 1 heterocycles. The average Bonchev–Trinajstić information content (AvgIpc) is 3.11. The highest BCUT2D eigenvalue weighted by atomic mass is 35.5. The van der Waals surface area contributed by atoms with E-state index in [1.165, 1.54) is 11.8 Å². The Kier molecular flexibility index (Phi) is 10.3. The maximum Gasteiger partial charge on any atom is 0.251 e. The molecule has 0 radical (unpaired) electrons. The fourth-order valence-corrected chi connectivity index (χ4v) is 3.54. The van der Waals surface area contributed by atoms with Crippen LogP contribution in [0.4, 0.5) is 5.69 Å². The molecule has 0 spiro atoms. The molecule has 8 heteroatoms. The highest BCUT2D eigenvalue weighted by Gasteiger charge is 2.07. The molecule has 1 aromatic carbocycles. The summed E-state index contributed by atoms with van der Waals surface area (Å²) in [5, 5.41) is 10.7. The summed E-state index contributed by atoms with van der Waals surface area (Å²) in [7, 11) is 1.88. The number of thioether (sulfide) groups is 1. The number of thiophene rings is 1. The van der Waals surface area contributed by atoms with Crippen molar-refractivity contribution in [1.82, 2.24) is 10.6 Å². The lowest BCUT2D eigenvalue weighted by atomic mass is 10.2. The molecular weight excluding hydrogens is 378 g/mol. The molecule has 0 unspecified atom stereocenters. The monoisotopic (exact) mass is 399 g/mol. The fourth-order valence-electron chi connectivity index (χ4n) is 1.95. The Balaban J connectivity index is 0.00000312. The van der Waals surface area contributed by atoms with Crippen LogP contribution in [0.3, 0.4) is 0 Å². The first-order valence-corrected chi connectivity index (χ1v) is 9.54. The van der Waals surface area contributed by atoms with E-state index in [4.69, 9.17) is 0 Å². The number of anilines is 1. The predicted octanol–water partition coefficient (Wildman–Crippen LogP) is 3.24. The maximum absolute atomic E-state index is 12.0. The first-order chi connectivity index (χ1) is 11.7. The minimum absolute atomic E-state index is 0. The van der Waals surface area contributed by atoms with E-state index >= 15 is 0 Å². The number of carbonyl (C=O) groups is 2. The van der Waals surface area contributed by atoms with Crippen molar-refractivity contribution in [3.8, 4) is 0 Å². The van der Waals surface area contributed by atoms with Gasteiger partial charge in [0.05, 0.1) is 9.96 Å². The summed E-state index contributed by atoms with van der Waals surface area (Å²) in [6.45, 7) is 1.51. The van der Waals surface area contributed by atoms with Gasteiger partial charge in [-0.15, -0.1) is 35.5 Å². The molecule has 0 bridgehead atoms. The molecule has 0 fully saturated rings. The van der Waals surface area contributed by atoms with Crippen molar-refractivity contribution >= 4 is 53.0 Å². The van der Waals surface area contributed by atoms with Crippen molar-refractivity contribution in [1.29, 1.82) is 0 Å². The van der Waals surface area contributed by atoms with Gasteiger partial charge in [0, 0.05) is 17.8 Å². The highest BCUT2D eigenvalue weighted by molar-refractivity contribution is 8.01. The average molecular weight is 400 g/mol. The van der Waals surface area contributed by atoms with E-state index in [0.29, 0.717) is 23.5 Å². The first kappa shape index (κ1) is 21.5. The number of hydrogen-bond donors (Lipinski definition) is 3. The standard InChI is InChI=1S/C17H21N3O2S2.ClH/c1-18-9-3-10-19-17(22)13-5-7-14(8-6-13)20-15(21)12-24-16-4-2-11-23-16;/h2,4-8,11,18H,3,9-10,12H2,1H3,(H,19,22)(H,20,21);1H. The number of hydrogen-bond acceptors (Lipinski definition) is 5. The molecule has 1 aromatic heterocycles. The molecule has 0 aliphatic rings. The van der Waals surface area contributed by atoms with Gasteiger partial charge in [-0.3, -0.25) is 9.59 Å². The zero-order valence-electron chi connectivity index (χ0n) is 13.9. The molecular formula is C17H22ClN3O2S2. The Morgan fingerprint density at radius 3 is 2.52 bits per heavy atom. The van der Waals surface area contributed by atoms with Crippen LogP contribution < -0.4 is 16.0 Å². The third-order valence-electron chi connectivity index (χ3n) is 3.16. The Bertz CT molecular complexity index is 648. The normalized spacial score (nSPS) is 9.96. The summed E-state index contributed by atoms with van der Waals surface area (Å²) < 4.78 is 1.12. The van der Waals surface area contributed by atoms with Crippen molar-refractivity contribution in [3.63, 3.8) is 0 Å². The van der Waals surface area contributed by atoms with E-state index in [2.05, 4.69) is 16.0 Å². The molecule has 0 saturated heterocycles. The van der Waals surface area contributed by atoms with Crippen LogP contribution in [0.25, 0.3) is 0 Å². The first-order valence-electron chi connectivity index (χ1n) is 7.68. The molecule has 0 atom stereocenters. The van der Waals surface area contributed by atoms with E-state index in [0.717, 1.165) is 17.2 Å². The van der Waals surface area contributed by atoms with Gasteiger partial charge in [-0.2, -0.15) is 0 Å². The number of rotatable bonds is 9. The Hall–Kier alpha value is -1.54. The zero-order valence-corrected chi connectivity index (χ0v) is 16.4. The van der Waals surface area contributed by atoms with Crippen molar-refractivity contribution in [2.75, 3.05) is 31.2 Å². The summed E-state index contributed by atoms with van der Waals surface area (Å²) in [4.78, 5) is 23.9. The SMILES string of the molecule is CNCCCNC(=O)c1ccc(NC(=O)CSc2cccs2)cc1.Cl. The van der Waals surface area contributed by atoms with Gasteiger partial charge in [0.1, 0.15) is 0 Å². The van der Waals surface area contributed by atoms with Crippen molar-refractivity contribution in [2.45, 2.75) is 10.6 Å². The molecule has 5 nitrogen and oxygen atoms in total. The van der Waals surface area contributed by atoms with E-state index < -0.39 is 0 Å². The summed E-state index contributed by atoms with van der Waals surface area (Å²) >= 11 is 3.13. The molecule has 3 N–H and O–H groups in total. The van der Waals surface area contributed by atoms with E-state index in [1.54, 1.807) is 35.6 Å². The van der Waals surface area contributed by atoms with Crippen molar-refractivity contribution < 1.29 is 9.59 Å². The lowest BCUT2D eigenvalue weighted by molar-refractivity contribution is -0.113. The van der Waals surface area contributed by atoms with Crippen LogP contribution in [0.1, 0.15) is 16.8 Å². The third kappa shape index (κ3) is 7.92. The van der Waals surface area contributed by atoms with Crippen molar-refractivity contribution in [3.05, 3.63) is 47.3 Å². The van der Waals surface area contributed by atoms with Crippen LogP contribution >= 0.6 is 35.5 Å². The van der Waals surface area contributed by atoms with Gasteiger partial charge in [0.2, 0.25) is 5.91 Å². The van der Waals surface area contributed by atoms with Crippen LogP contribution in [0.15, 0.2) is 46.0 Å². The van der Waals surface area contributed by atoms with E-state index in [1.807, 2.05) is 24.6 Å². The number of carbonyl (C=O) groups excluding carboxylic acids is 2. The summed E-state index contributed by atoms with van der Waals surface area (Å²) in [5.41, 5.74) is 1.28. The fraction of sp³-hybridized carbons (Fsp3) is 0.294. The molecule has 2 aromatic rings. The second-order valence-corrected chi connectivity index (χ2v) is 7.28. The van der Waals surface area contributed by atoms with Gasteiger partial charge in [0.15, 0.2) is 0 Å². The smallest absolute Gasteiger partial charge is 0.251 e. The summed E-state index contributed by atoms with van der Waals surface area (Å²) in [5.74, 6) is 0.212. The molecule has 0 aliphatic carbocycles. The van der Waals surface area contributed by atoms with Gasteiger partial charge in [-0.1, -0.05) is 6.07 Å². The second kappa shape index (κ2) is 11.9. The van der Waals surface area contributed by atoms with E-state index in [-0.39, 0.29) is 24.2 Å². The topological polar surface area (TPSA) is 70.2 Å². The molecule has 0 saturated carbocycles. The Labute approximate surface area is 162 Å². The number of benzene rings is 1. The summed E-state index contributed by atoms with van der Waals surface area (Å²) in [6, 6.07) is 10.9. The molecule has 25 heavy (non-hydrogen) atoms. The van der Waals surface area contributed by atoms with Crippen LogP contribution in [0.5, 0.6) is 0 Å². The number of halogens is 1. The van der Waals surface area contributed by atoms with Crippen LogP contribution in [0, 0.1) is 0 Å². The quantitative estimate of drug-likeness (QED) is 0.447. The lowest BCUT2D eigenvalue weighted by Gasteiger charge is -2.07. The number of amides is 2. The van der Waals surface area contributed by atoms with Gasteiger partial charge >= 0.3 is 0 Å². The maximum atomic E-state index is 12.0.